The van der Waals surface area contributed by atoms with Crippen LogP contribution in [0.5, 0.6) is 0 Å². The predicted octanol–water partition coefficient (Wildman–Crippen LogP) is -0.377. The molecule has 0 saturated carbocycles. The van der Waals surface area contributed by atoms with Crippen molar-refractivity contribution in [3.63, 3.8) is 0 Å². The second-order valence-electron chi connectivity index (χ2n) is 3.03. The number of cyclic esters (lactones) is 2. The van der Waals surface area contributed by atoms with Gasteiger partial charge in [0, 0.05) is 0 Å². The number of carbonyl (C=O) groups excluding carboxylic acids is 2. The van der Waals surface area contributed by atoms with Crippen LogP contribution in [-0.2, 0) is 14.3 Å². The van der Waals surface area contributed by atoms with Gasteiger partial charge in [0.05, 0.1) is 12.0 Å². The number of allylic oxidation sites excluding steroid dienone is 1. The Labute approximate surface area is 68.8 Å². The quantitative estimate of drug-likeness (QED) is 0.304. The summed E-state index contributed by atoms with van der Waals surface area (Å²) in [5, 5.41) is 9.33. The molecule has 0 amide bonds. The zero-order valence-corrected chi connectivity index (χ0v) is 6.27. The Kier molecular flexibility index (Phi) is 1.51. The van der Waals surface area contributed by atoms with Crippen LogP contribution in [0, 0.1) is 11.8 Å². The van der Waals surface area contributed by atoms with E-state index < -0.39 is 29.9 Å². The number of hydrogen-bond donors (Lipinski definition) is 1. The molecule has 4 nitrogen and oxygen atoms in total. The Morgan fingerprint density at radius 3 is 2.83 bits per heavy atom. The molecular formula is C8H8O4. The van der Waals surface area contributed by atoms with E-state index in [-0.39, 0.29) is 0 Å². The van der Waals surface area contributed by atoms with Crippen LogP contribution >= 0.6 is 0 Å². The second kappa shape index (κ2) is 2.42. The molecule has 0 radical (unpaired) electrons. The van der Waals surface area contributed by atoms with Crippen LogP contribution in [0.1, 0.15) is 6.42 Å². The lowest BCUT2D eigenvalue weighted by molar-refractivity contribution is -0.154. The van der Waals surface area contributed by atoms with E-state index in [1.54, 1.807) is 6.08 Å². The van der Waals surface area contributed by atoms with Crippen LogP contribution in [0.15, 0.2) is 12.2 Å². The summed E-state index contributed by atoms with van der Waals surface area (Å²) in [6.45, 7) is 0. The summed E-state index contributed by atoms with van der Waals surface area (Å²) < 4.78 is 4.40. The molecule has 2 rings (SSSR count). The molecule has 0 bridgehead atoms. The van der Waals surface area contributed by atoms with Crippen LogP contribution in [0.3, 0.4) is 0 Å². The average molecular weight is 168 g/mol. The minimum Gasteiger partial charge on any atom is -0.393 e. The first-order valence-electron chi connectivity index (χ1n) is 3.80. The minimum absolute atomic E-state index is 0.461. The number of rotatable bonds is 0. The van der Waals surface area contributed by atoms with Gasteiger partial charge in [-0.1, -0.05) is 12.2 Å². The van der Waals surface area contributed by atoms with Crippen molar-refractivity contribution in [1.82, 2.24) is 0 Å². The molecule has 0 unspecified atom stereocenters. The smallest absolute Gasteiger partial charge is 0.320 e. The Hall–Kier alpha value is -1.16. The molecule has 1 saturated heterocycles. The SMILES string of the molecule is O=C1OC(=O)[C@H]2CC=C[C@H](O)[C@@H]12. The van der Waals surface area contributed by atoms with E-state index >= 15 is 0 Å². The van der Waals surface area contributed by atoms with Crippen molar-refractivity contribution >= 4 is 11.9 Å². The molecule has 4 heteroatoms. The molecule has 0 aromatic carbocycles. The third-order valence-corrected chi connectivity index (χ3v) is 2.30. The highest BCUT2D eigenvalue weighted by atomic mass is 16.6. The lowest BCUT2D eigenvalue weighted by Crippen LogP contribution is -2.31. The van der Waals surface area contributed by atoms with Gasteiger partial charge < -0.3 is 9.84 Å². The zero-order valence-electron chi connectivity index (χ0n) is 6.27. The molecule has 12 heavy (non-hydrogen) atoms. The third kappa shape index (κ3) is 0.881. The van der Waals surface area contributed by atoms with Gasteiger partial charge in [-0.2, -0.15) is 0 Å². The maximum absolute atomic E-state index is 11.0. The standard InChI is InChI=1S/C8H8O4/c9-5-3-1-2-4-6(5)8(11)12-7(4)10/h1,3-6,9H,2H2/t4-,5-,6-/m0/s1. The molecule has 1 aliphatic carbocycles. The van der Waals surface area contributed by atoms with Gasteiger partial charge in [-0.3, -0.25) is 9.59 Å². The summed E-state index contributed by atoms with van der Waals surface area (Å²) in [5.41, 5.74) is 0. The van der Waals surface area contributed by atoms with Crippen molar-refractivity contribution in [3.8, 4) is 0 Å². The fourth-order valence-corrected chi connectivity index (χ4v) is 1.66. The molecule has 64 valence electrons. The Morgan fingerprint density at radius 2 is 2.17 bits per heavy atom. The highest BCUT2D eigenvalue weighted by Gasteiger charge is 2.48. The van der Waals surface area contributed by atoms with Crippen molar-refractivity contribution in [2.75, 3.05) is 0 Å². The topological polar surface area (TPSA) is 63.6 Å². The summed E-state index contributed by atoms with van der Waals surface area (Å²) in [7, 11) is 0. The fourth-order valence-electron chi connectivity index (χ4n) is 1.66. The summed E-state index contributed by atoms with van der Waals surface area (Å²) >= 11 is 0. The molecule has 1 aliphatic heterocycles. The molecule has 2 aliphatic rings. The first-order valence-corrected chi connectivity index (χ1v) is 3.80. The number of esters is 2. The van der Waals surface area contributed by atoms with E-state index in [1.165, 1.54) is 6.08 Å². The molecule has 1 heterocycles. The van der Waals surface area contributed by atoms with Crippen molar-refractivity contribution in [3.05, 3.63) is 12.2 Å². The molecule has 0 spiro atoms. The Morgan fingerprint density at radius 1 is 1.42 bits per heavy atom. The van der Waals surface area contributed by atoms with E-state index in [4.69, 9.17) is 0 Å². The van der Waals surface area contributed by atoms with Crippen molar-refractivity contribution < 1.29 is 19.4 Å². The maximum Gasteiger partial charge on any atom is 0.320 e. The van der Waals surface area contributed by atoms with E-state index in [9.17, 15) is 14.7 Å². The number of aliphatic hydroxyl groups is 1. The van der Waals surface area contributed by atoms with Crippen LogP contribution in [0.25, 0.3) is 0 Å². The molecule has 1 fully saturated rings. The Balaban J connectivity index is 2.32. The van der Waals surface area contributed by atoms with E-state index in [0.29, 0.717) is 6.42 Å². The van der Waals surface area contributed by atoms with Gasteiger partial charge >= 0.3 is 11.9 Å². The largest absolute Gasteiger partial charge is 0.393 e. The highest BCUT2D eigenvalue weighted by molar-refractivity contribution is 5.97. The van der Waals surface area contributed by atoms with Crippen molar-refractivity contribution in [2.45, 2.75) is 12.5 Å². The average Bonchev–Trinajstić information content (AvgIpc) is 2.29. The monoisotopic (exact) mass is 168 g/mol. The molecule has 0 aromatic rings. The molecular weight excluding hydrogens is 160 g/mol. The van der Waals surface area contributed by atoms with Crippen molar-refractivity contribution in [2.24, 2.45) is 11.8 Å². The summed E-state index contributed by atoms with van der Waals surface area (Å²) in [6.07, 6.45) is 2.86. The van der Waals surface area contributed by atoms with Crippen LogP contribution in [0.4, 0.5) is 0 Å². The van der Waals surface area contributed by atoms with Gasteiger partial charge in [-0.25, -0.2) is 0 Å². The fraction of sp³-hybridized carbons (Fsp3) is 0.500. The van der Waals surface area contributed by atoms with Gasteiger partial charge in [0.2, 0.25) is 0 Å². The normalized spacial score (nSPS) is 39.6. The first kappa shape index (κ1) is 7.49. The summed E-state index contributed by atoms with van der Waals surface area (Å²) in [5.74, 6) is -2.23. The highest BCUT2D eigenvalue weighted by Crippen LogP contribution is 2.33. The van der Waals surface area contributed by atoms with E-state index in [0.717, 1.165) is 0 Å². The third-order valence-electron chi connectivity index (χ3n) is 2.30. The number of carbonyl (C=O) groups is 2. The first-order chi connectivity index (χ1) is 5.70. The van der Waals surface area contributed by atoms with Gasteiger partial charge in [0.25, 0.3) is 0 Å². The summed E-state index contributed by atoms with van der Waals surface area (Å²) in [4.78, 5) is 22.0. The zero-order chi connectivity index (χ0) is 8.72. The number of hydrogen-bond acceptors (Lipinski definition) is 4. The second-order valence-corrected chi connectivity index (χ2v) is 3.03. The molecule has 3 atom stereocenters. The number of ether oxygens (including phenoxy) is 1. The summed E-state index contributed by atoms with van der Waals surface area (Å²) in [6, 6.07) is 0. The lowest BCUT2D eigenvalue weighted by atomic mass is 9.83. The van der Waals surface area contributed by atoms with Gasteiger partial charge in [-0.15, -0.1) is 0 Å². The van der Waals surface area contributed by atoms with Crippen molar-refractivity contribution in [1.29, 1.82) is 0 Å². The minimum atomic E-state index is -0.859. The van der Waals surface area contributed by atoms with Crippen LogP contribution in [0.2, 0.25) is 0 Å². The van der Waals surface area contributed by atoms with Gasteiger partial charge in [-0.05, 0) is 6.42 Å². The number of fused-ring (bicyclic) bond motifs is 1. The van der Waals surface area contributed by atoms with Crippen LogP contribution < -0.4 is 0 Å². The van der Waals surface area contributed by atoms with E-state index in [2.05, 4.69) is 4.74 Å². The van der Waals surface area contributed by atoms with E-state index in [1.807, 2.05) is 0 Å². The maximum atomic E-state index is 11.0. The Bertz CT molecular complexity index is 268. The predicted molar refractivity (Wildman–Crippen MR) is 37.8 cm³/mol. The molecule has 1 N–H and O–H groups in total. The lowest BCUT2D eigenvalue weighted by Gasteiger charge is -2.19. The van der Waals surface area contributed by atoms with Gasteiger partial charge in [0.15, 0.2) is 0 Å². The number of aliphatic hydroxyl groups excluding tert-OH is 1. The van der Waals surface area contributed by atoms with Gasteiger partial charge in [0.1, 0.15) is 5.92 Å². The molecule has 0 aromatic heterocycles. The van der Waals surface area contributed by atoms with Crippen LogP contribution in [-0.4, -0.2) is 23.1 Å².